The number of nitrogens with zero attached hydrogens (tertiary/aromatic N) is 2. The first kappa shape index (κ1) is 17.9. The molecule has 0 N–H and O–H groups in total. The zero-order chi connectivity index (χ0) is 12.7. The fourth-order valence-electron chi connectivity index (χ4n) is 3.19. The van der Waals surface area contributed by atoms with E-state index >= 15 is 0 Å². The van der Waals surface area contributed by atoms with Gasteiger partial charge in [0.05, 0.1) is 0 Å². The number of aryl methyl sites for hydroxylation is 1. The van der Waals surface area contributed by atoms with Gasteiger partial charge in [-0.2, -0.15) is 0 Å². The monoisotopic (exact) mass is 474 g/mol. The van der Waals surface area contributed by atoms with E-state index in [4.69, 9.17) is 0 Å². The molecule has 0 amide bonds. The van der Waals surface area contributed by atoms with Crippen LogP contribution in [0, 0.1) is 6.92 Å². The fourth-order valence-corrected chi connectivity index (χ4v) is 3.19. The number of rotatable bonds is 2. The molecule has 0 saturated carbocycles. The van der Waals surface area contributed by atoms with Crippen LogP contribution in [0.1, 0.15) is 18.6 Å². The van der Waals surface area contributed by atoms with Crippen LogP contribution < -0.4 is 24.0 Å². The van der Waals surface area contributed by atoms with Gasteiger partial charge in [-0.05, 0) is 18.6 Å². The molecule has 4 heteroatoms. The molecule has 1 aliphatic rings. The first-order chi connectivity index (χ1) is 8.72. The van der Waals surface area contributed by atoms with Crippen molar-refractivity contribution in [1.29, 1.82) is 0 Å². The van der Waals surface area contributed by atoms with Crippen LogP contribution in [0.15, 0.2) is 36.9 Å². The second-order valence-electron chi connectivity index (χ2n) is 5.12. The first-order valence-electron chi connectivity index (χ1n) is 6.45. The summed E-state index contributed by atoms with van der Waals surface area (Å²) in [6.07, 6.45) is 1.98. The molecule has 0 unspecified atom stereocenters. The van der Waals surface area contributed by atoms with Gasteiger partial charge >= 0.3 is 20.4 Å². The van der Waals surface area contributed by atoms with Crippen molar-refractivity contribution in [3.63, 3.8) is 0 Å². The van der Waals surface area contributed by atoms with Crippen LogP contribution in [0.4, 0.5) is 0 Å². The zero-order valence-corrected chi connectivity index (χ0v) is 15.3. The van der Waals surface area contributed by atoms with Crippen LogP contribution in [0.3, 0.4) is 0 Å². The number of halogens is 1. The summed E-state index contributed by atoms with van der Waals surface area (Å²) in [7, 11) is 2.16. The minimum absolute atomic E-state index is 0. The van der Waals surface area contributed by atoms with Crippen molar-refractivity contribution in [2.24, 2.45) is 7.05 Å². The molecular weight excluding hydrogens is 454 g/mol. The Morgan fingerprint density at radius 1 is 1.40 bits per heavy atom. The van der Waals surface area contributed by atoms with Gasteiger partial charge < -0.3 is 28.5 Å². The summed E-state index contributed by atoms with van der Waals surface area (Å²) < 4.78 is 2.31. The zero-order valence-electron chi connectivity index (χ0n) is 11.6. The molecule has 0 fully saturated rings. The molecule has 0 saturated heterocycles. The Hall–Kier alpha value is -0.148. The Labute approximate surface area is 153 Å². The third-order valence-electron chi connectivity index (χ3n) is 3.90. The predicted molar refractivity (Wildman–Crippen MR) is 78.6 cm³/mol. The van der Waals surface area contributed by atoms with Crippen molar-refractivity contribution in [1.82, 2.24) is 9.47 Å². The molecular formula is C16H21IN2Pd+. The van der Waals surface area contributed by atoms with Crippen molar-refractivity contribution >= 4 is 10.9 Å². The van der Waals surface area contributed by atoms with Gasteiger partial charge in [0.15, 0.2) is 0 Å². The van der Waals surface area contributed by atoms with Gasteiger partial charge in [0.2, 0.25) is 0 Å². The van der Waals surface area contributed by atoms with Gasteiger partial charge in [-0.15, -0.1) is 6.58 Å². The number of aromatic nitrogens is 1. The van der Waals surface area contributed by atoms with Crippen LogP contribution in [0.5, 0.6) is 0 Å². The molecule has 2 nitrogen and oxygen atoms in total. The van der Waals surface area contributed by atoms with Crippen LogP contribution in [-0.4, -0.2) is 22.6 Å². The maximum atomic E-state index is 4.33. The molecule has 2 aromatic rings. The molecule has 111 valence electrons. The van der Waals surface area contributed by atoms with E-state index in [2.05, 4.69) is 54.3 Å². The van der Waals surface area contributed by atoms with Gasteiger partial charge in [-0.3, -0.25) is 4.90 Å². The number of hydrogen-bond acceptors (Lipinski definition) is 1. The average molecular weight is 475 g/mol. The van der Waals surface area contributed by atoms with Gasteiger partial charge in [0.1, 0.15) is 0 Å². The van der Waals surface area contributed by atoms with Gasteiger partial charge in [0.25, 0.3) is 0 Å². The number of para-hydroxylation sites is 1. The molecule has 1 aliphatic heterocycles. The second-order valence-corrected chi connectivity index (χ2v) is 5.12. The van der Waals surface area contributed by atoms with E-state index in [0.717, 1.165) is 19.6 Å². The van der Waals surface area contributed by atoms with Crippen LogP contribution in [0.25, 0.3) is 10.9 Å². The van der Waals surface area contributed by atoms with E-state index in [9.17, 15) is 0 Å². The molecule has 1 aromatic carbocycles. The van der Waals surface area contributed by atoms with Gasteiger partial charge in [0, 0.05) is 50.6 Å². The average Bonchev–Trinajstić information content (AvgIpc) is 2.65. The van der Waals surface area contributed by atoms with Gasteiger partial charge in [-0.25, -0.2) is 0 Å². The molecule has 1 atom stereocenters. The Bertz CT molecular complexity index is 612. The standard InChI is InChI=1S/C16H19N2.HI.Pd.H2/c1-4-9-18-10-12(2)16-14(11-18)13-7-5-6-8-15(13)17(16)3;;;/h4-8,12H,1-2,9-11H2,3H3;1H;;1H/q;;+2;/p-1/t12-;;;/m0.../s1. The number of benzene rings is 1. The molecule has 20 heavy (non-hydrogen) atoms. The number of fused-ring (bicyclic) bond motifs is 3. The minimum Gasteiger partial charge on any atom is -1.00 e. The summed E-state index contributed by atoms with van der Waals surface area (Å²) in [5.41, 5.74) is 4.16. The van der Waals surface area contributed by atoms with E-state index in [1.807, 2.05) is 6.08 Å². The summed E-state index contributed by atoms with van der Waals surface area (Å²) in [6, 6.07) is 8.64. The van der Waals surface area contributed by atoms with Crippen molar-refractivity contribution < 1.29 is 45.8 Å². The Morgan fingerprint density at radius 3 is 2.80 bits per heavy atom. The molecule has 0 bridgehead atoms. The Balaban J connectivity index is 0.00000133. The number of hydrogen-bond donors (Lipinski definition) is 0. The van der Waals surface area contributed by atoms with Crippen LogP contribution in [0.2, 0.25) is 0 Å². The topological polar surface area (TPSA) is 8.17 Å². The van der Waals surface area contributed by atoms with E-state index in [-0.39, 0.29) is 45.8 Å². The van der Waals surface area contributed by atoms with Crippen molar-refractivity contribution in [2.45, 2.75) is 12.5 Å². The maximum absolute atomic E-state index is 4.33. The Kier molecular flexibility index (Phi) is 6.46. The van der Waals surface area contributed by atoms with Crippen LogP contribution >= 0.6 is 0 Å². The summed E-state index contributed by atoms with van der Waals surface area (Å²) in [5, 5.41) is 1.37. The second kappa shape index (κ2) is 7.22. The van der Waals surface area contributed by atoms with Crippen molar-refractivity contribution in [3.05, 3.63) is 55.1 Å². The summed E-state index contributed by atoms with van der Waals surface area (Å²) in [5.74, 6) is 0.339. The predicted octanol–water partition coefficient (Wildman–Crippen LogP) is 0.345. The largest absolute Gasteiger partial charge is 2.00 e. The minimum atomic E-state index is 0. The SMILES string of the molecule is [CH2][C@H]1CN(CC=C)Cc2c1n(C)c1ccccc21.[HH].[I-].[Pd+2]. The van der Waals surface area contributed by atoms with Crippen molar-refractivity contribution in [2.75, 3.05) is 13.1 Å². The molecule has 1 aromatic heterocycles. The smallest absolute Gasteiger partial charge is 1.00 e. The van der Waals surface area contributed by atoms with E-state index in [1.165, 1.54) is 22.2 Å². The van der Waals surface area contributed by atoms with E-state index in [0.29, 0.717) is 5.92 Å². The summed E-state index contributed by atoms with van der Waals surface area (Å²) >= 11 is 0. The molecule has 3 rings (SSSR count). The van der Waals surface area contributed by atoms with E-state index in [1.54, 1.807) is 0 Å². The van der Waals surface area contributed by atoms with E-state index < -0.39 is 0 Å². The summed E-state index contributed by atoms with van der Waals surface area (Å²) in [6.45, 7) is 11.1. The normalized spacial score (nSPS) is 18.0. The van der Waals surface area contributed by atoms with Crippen molar-refractivity contribution in [3.8, 4) is 0 Å². The Morgan fingerprint density at radius 2 is 2.10 bits per heavy atom. The molecule has 1 radical (unpaired) electrons. The quantitative estimate of drug-likeness (QED) is 0.346. The molecule has 0 aliphatic carbocycles. The van der Waals surface area contributed by atoms with Gasteiger partial charge in [-0.1, -0.05) is 24.3 Å². The third-order valence-corrected chi connectivity index (χ3v) is 3.90. The summed E-state index contributed by atoms with van der Waals surface area (Å²) in [4.78, 5) is 2.42. The molecule has 0 spiro atoms. The third kappa shape index (κ3) is 2.89. The maximum Gasteiger partial charge on any atom is 2.00 e. The fraction of sp³-hybridized carbons (Fsp3) is 0.312. The first-order valence-corrected chi connectivity index (χ1v) is 6.45. The van der Waals surface area contributed by atoms with Crippen LogP contribution in [-0.2, 0) is 34.0 Å². The molecule has 2 heterocycles.